The van der Waals surface area contributed by atoms with E-state index >= 15 is 0 Å². The number of aromatic carboxylic acids is 1. The van der Waals surface area contributed by atoms with Crippen LogP contribution in [0.15, 0.2) is 42.6 Å². The molecule has 0 saturated carbocycles. The number of hydrogen-bond acceptors (Lipinski definition) is 4. The lowest BCUT2D eigenvalue weighted by Crippen LogP contribution is -2.35. The van der Waals surface area contributed by atoms with Crippen LogP contribution in [0, 0.1) is 6.92 Å². The van der Waals surface area contributed by atoms with Crippen molar-refractivity contribution in [3.63, 3.8) is 0 Å². The van der Waals surface area contributed by atoms with E-state index in [-0.39, 0.29) is 17.4 Å². The number of amides is 1. The van der Waals surface area contributed by atoms with Crippen LogP contribution in [-0.4, -0.2) is 34.6 Å². The van der Waals surface area contributed by atoms with Crippen LogP contribution in [0.5, 0.6) is 5.75 Å². The molecular formula is C18H20N2O4. The quantitative estimate of drug-likeness (QED) is 0.816. The van der Waals surface area contributed by atoms with Crippen LogP contribution in [0.4, 0.5) is 0 Å². The van der Waals surface area contributed by atoms with E-state index in [1.807, 2.05) is 38.1 Å². The first-order valence-electron chi connectivity index (χ1n) is 7.70. The van der Waals surface area contributed by atoms with Gasteiger partial charge in [-0.1, -0.05) is 19.1 Å². The zero-order valence-corrected chi connectivity index (χ0v) is 13.7. The fraction of sp³-hybridized carbons (Fsp3) is 0.278. The summed E-state index contributed by atoms with van der Waals surface area (Å²) in [6.07, 6.45) is 1.84. The molecule has 0 bridgehead atoms. The smallest absolute Gasteiger partial charge is 0.335 e. The summed E-state index contributed by atoms with van der Waals surface area (Å²) in [6.45, 7) is 4.26. The van der Waals surface area contributed by atoms with Gasteiger partial charge in [0.25, 0.3) is 5.91 Å². The predicted molar refractivity (Wildman–Crippen MR) is 89.4 cm³/mol. The molecule has 0 aliphatic heterocycles. The fourth-order valence-corrected chi connectivity index (χ4v) is 2.14. The van der Waals surface area contributed by atoms with E-state index in [0.717, 1.165) is 17.7 Å². The second-order valence-electron chi connectivity index (χ2n) is 5.41. The van der Waals surface area contributed by atoms with Gasteiger partial charge in [-0.05, 0) is 43.2 Å². The Labute approximate surface area is 140 Å². The molecule has 1 atom stereocenters. The van der Waals surface area contributed by atoms with Gasteiger partial charge in [-0.3, -0.25) is 9.78 Å². The molecule has 6 nitrogen and oxygen atoms in total. The van der Waals surface area contributed by atoms with Crippen molar-refractivity contribution in [1.82, 2.24) is 10.3 Å². The number of aryl methyl sites for hydroxylation is 1. The van der Waals surface area contributed by atoms with Gasteiger partial charge in [-0.2, -0.15) is 0 Å². The highest BCUT2D eigenvalue weighted by Crippen LogP contribution is 2.15. The number of carboxylic acid groups (broad SMARTS) is 1. The van der Waals surface area contributed by atoms with Crippen molar-refractivity contribution < 1.29 is 19.4 Å². The molecule has 1 aromatic heterocycles. The predicted octanol–water partition coefficient (Wildman–Crippen LogP) is 2.68. The lowest BCUT2D eigenvalue weighted by molar-refractivity contribution is 0.0696. The minimum atomic E-state index is -1.10. The van der Waals surface area contributed by atoms with Crippen LogP contribution in [0.3, 0.4) is 0 Å². The summed E-state index contributed by atoms with van der Waals surface area (Å²) < 4.78 is 5.86. The Bertz CT molecular complexity index is 730. The van der Waals surface area contributed by atoms with Crippen molar-refractivity contribution in [3.05, 3.63) is 59.4 Å². The first-order valence-corrected chi connectivity index (χ1v) is 7.70. The SMILES string of the molecule is CCC(CNC(=O)c1cc(C(=O)O)ccn1)Oc1cccc(C)c1. The minimum Gasteiger partial charge on any atom is -0.489 e. The van der Waals surface area contributed by atoms with Crippen LogP contribution in [-0.2, 0) is 0 Å². The summed E-state index contributed by atoms with van der Waals surface area (Å²) in [6, 6.07) is 10.3. The molecule has 1 amide bonds. The maximum Gasteiger partial charge on any atom is 0.335 e. The molecule has 2 N–H and O–H groups in total. The van der Waals surface area contributed by atoms with E-state index in [1.165, 1.54) is 18.3 Å². The van der Waals surface area contributed by atoms with Crippen molar-refractivity contribution in [2.75, 3.05) is 6.54 Å². The van der Waals surface area contributed by atoms with Crippen molar-refractivity contribution in [2.24, 2.45) is 0 Å². The Morgan fingerprint density at radius 1 is 1.29 bits per heavy atom. The summed E-state index contributed by atoms with van der Waals surface area (Å²) in [5.74, 6) is -0.771. The lowest BCUT2D eigenvalue weighted by Gasteiger charge is -2.18. The molecule has 24 heavy (non-hydrogen) atoms. The fourth-order valence-electron chi connectivity index (χ4n) is 2.14. The number of carbonyl (C=O) groups excluding carboxylic acids is 1. The lowest BCUT2D eigenvalue weighted by atomic mass is 10.2. The van der Waals surface area contributed by atoms with Crippen molar-refractivity contribution >= 4 is 11.9 Å². The minimum absolute atomic E-state index is 0.0261. The molecule has 0 saturated heterocycles. The van der Waals surface area contributed by atoms with Gasteiger partial charge in [0.15, 0.2) is 0 Å². The second kappa shape index (κ2) is 8.10. The zero-order valence-electron chi connectivity index (χ0n) is 13.7. The summed E-state index contributed by atoms with van der Waals surface area (Å²) in [5.41, 5.74) is 1.19. The van der Waals surface area contributed by atoms with Gasteiger partial charge < -0.3 is 15.2 Å². The number of hydrogen-bond donors (Lipinski definition) is 2. The maximum atomic E-state index is 12.1. The summed E-state index contributed by atoms with van der Waals surface area (Å²) in [4.78, 5) is 27.0. The number of rotatable bonds is 7. The Kier molecular flexibility index (Phi) is 5.89. The Morgan fingerprint density at radius 2 is 2.08 bits per heavy atom. The molecule has 1 unspecified atom stereocenters. The standard InChI is InChI=1S/C18H20N2O4/c1-3-14(24-15-6-4-5-12(2)9-15)11-20-17(21)16-10-13(18(22)23)7-8-19-16/h4-10,14H,3,11H2,1-2H3,(H,20,21)(H,22,23). The number of carbonyl (C=O) groups is 2. The first-order chi connectivity index (χ1) is 11.5. The molecule has 2 rings (SSSR count). The Morgan fingerprint density at radius 3 is 2.75 bits per heavy atom. The van der Waals surface area contributed by atoms with Gasteiger partial charge in [0.05, 0.1) is 12.1 Å². The van der Waals surface area contributed by atoms with Crippen LogP contribution in [0.1, 0.15) is 39.8 Å². The molecule has 0 fully saturated rings. The highest BCUT2D eigenvalue weighted by Gasteiger charge is 2.14. The maximum absolute atomic E-state index is 12.1. The molecule has 0 aliphatic rings. The van der Waals surface area contributed by atoms with Gasteiger partial charge in [0, 0.05) is 6.20 Å². The van der Waals surface area contributed by atoms with E-state index in [0.29, 0.717) is 6.54 Å². The van der Waals surface area contributed by atoms with E-state index in [4.69, 9.17) is 9.84 Å². The molecule has 0 aliphatic carbocycles. The number of nitrogens with one attached hydrogen (secondary N) is 1. The molecule has 126 valence electrons. The van der Waals surface area contributed by atoms with Gasteiger partial charge >= 0.3 is 5.97 Å². The number of ether oxygens (including phenoxy) is 1. The molecular weight excluding hydrogens is 308 g/mol. The third kappa shape index (κ3) is 4.81. The summed E-state index contributed by atoms with van der Waals surface area (Å²) in [5, 5.41) is 11.7. The molecule has 2 aromatic rings. The average molecular weight is 328 g/mol. The molecule has 1 aromatic carbocycles. The normalized spacial score (nSPS) is 11.6. The summed E-state index contributed by atoms with van der Waals surface area (Å²) in [7, 11) is 0. The van der Waals surface area contributed by atoms with Crippen LogP contribution in [0.25, 0.3) is 0 Å². The number of aromatic nitrogens is 1. The average Bonchev–Trinajstić information content (AvgIpc) is 2.58. The van der Waals surface area contributed by atoms with E-state index in [1.54, 1.807) is 0 Å². The van der Waals surface area contributed by atoms with Gasteiger partial charge in [0.2, 0.25) is 0 Å². The zero-order chi connectivity index (χ0) is 17.5. The largest absolute Gasteiger partial charge is 0.489 e. The number of pyridine rings is 1. The van der Waals surface area contributed by atoms with Crippen molar-refractivity contribution in [1.29, 1.82) is 0 Å². The first kappa shape index (κ1) is 17.5. The van der Waals surface area contributed by atoms with E-state index in [9.17, 15) is 9.59 Å². The Hall–Kier alpha value is -2.89. The number of carboxylic acids is 1. The highest BCUT2D eigenvalue weighted by atomic mass is 16.5. The monoisotopic (exact) mass is 328 g/mol. The Balaban J connectivity index is 1.96. The summed E-state index contributed by atoms with van der Waals surface area (Å²) >= 11 is 0. The molecule has 0 radical (unpaired) electrons. The second-order valence-corrected chi connectivity index (χ2v) is 5.41. The third-order valence-corrected chi connectivity index (χ3v) is 3.48. The van der Waals surface area contributed by atoms with Gasteiger partial charge in [-0.25, -0.2) is 4.79 Å². The van der Waals surface area contributed by atoms with Crippen LogP contribution < -0.4 is 10.1 Å². The highest BCUT2D eigenvalue weighted by molar-refractivity contribution is 5.95. The number of nitrogens with zero attached hydrogens (tertiary/aromatic N) is 1. The van der Waals surface area contributed by atoms with Crippen LogP contribution >= 0.6 is 0 Å². The number of benzene rings is 1. The third-order valence-electron chi connectivity index (χ3n) is 3.48. The molecule has 0 spiro atoms. The van der Waals surface area contributed by atoms with E-state index in [2.05, 4.69) is 10.3 Å². The van der Waals surface area contributed by atoms with Crippen molar-refractivity contribution in [3.8, 4) is 5.75 Å². The van der Waals surface area contributed by atoms with Gasteiger partial charge in [-0.15, -0.1) is 0 Å². The molecule has 6 heteroatoms. The van der Waals surface area contributed by atoms with E-state index < -0.39 is 11.9 Å². The van der Waals surface area contributed by atoms with Crippen LogP contribution in [0.2, 0.25) is 0 Å². The van der Waals surface area contributed by atoms with Gasteiger partial charge in [0.1, 0.15) is 17.5 Å². The van der Waals surface area contributed by atoms with Crippen molar-refractivity contribution in [2.45, 2.75) is 26.4 Å². The molecule has 1 heterocycles. The topological polar surface area (TPSA) is 88.5 Å².